The van der Waals surface area contributed by atoms with Crippen LogP contribution in [0.15, 0.2) is 36.0 Å². The molecule has 0 amide bonds. The van der Waals surface area contributed by atoms with Crippen LogP contribution in [0.4, 0.5) is 0 Å². The van der Waals surface area contributed by atoms with E-state index in [1.807, 2.05) is 6.92 Å². The first-order chi connectivity index (χ1) is 12.7. The number of aliphatic hydroxyl groups is 1. The summed E-state index contributed by atoms with van der Waals surface area (Å²) in [6.45, 7) is 6.09. The molecule has 1 saturated carbocycles. The van der Waals surface area contributed by atoms with Gasteiger partial charge in [0.25, 0.3) is 0 Å². The molecule has 0 aromatic rings. The summed E-state index contributed by atoms with van der Waals surface area (Å²) in [5, 5.41) is 11.4. The van der Waals surface area contributed by atoms with Crippen LogP contribution < -0.4 is 0 Å². The minimum Gasteiger partial charge on any atom is -0.459 e. The molecule has 0 bridgehead atoms. The summed E-state index contributed by atoms with van der Waals surface area (Å²) in [6, 6.07) is 0. The van der Waals surface area contributed by atoms with Gasteiger partial charge in [0, 0.05) is 23.0 Å². The second-order valence-electron chi connectivity index (χ2n) is 8.50. The molecule has 4 atom stereocenters. The van der Waals surface area contributed by atoms with E-state index in [4.69, 9.17) is 9.47 Å². The van der Waals surface area contributed by atoms with Gasteiger partial charge < -0.3 is 14.6 Å². The zero-order valence-corrected chi connectivity index (χ0v) is 15.9. The molecule has 3 rings (SSSR count). The number of cyclic esters (lactones) is 1. The summed E-state index contributed by atoms with van der Waals surface area (Å²) >= 11 is 0. The van der Waals surface area contributed by atoms with Gasteiger partial charge in [-0.25, -0.2) is 9.59 Å². The Balaban J connectivity index is 1.98. The number of fused-ring (bicyclic) bond motifs is 3. The number of hydrogen-bond acceptors (Lipinski definition) is 6. The molecule has 2 fully saturated rings. The van der Waals surface area contributed by atoms with Gasteiger partial charge in [0.15, 0.2) is 5.60 Å². The summed E-state index contributed by atoms with van der Waals surface area (Å²) in [4.78, 5) is 35.0. The first kappa shape index (κ1) is 19.5. The van der Waals surface area contributed by atoms with Gasteiger partial charge >= 0.3 is 11.9 Å². The van der Waals surface area contributed by atoms with E-state index in [0.717, 1.165) is 12.8 Å². The molecule has 1 N–H and O–H groups in total. The minimum absolute atomic E-state index is 0.0179. The fourth-order valence-corrected chi connectivity index (χ4v) is 5.36. The third kappa shape index (κ3) is 2.96. The van der Waals surface area contributed by atoms with Crippen LogP contribution in [0.1, 0.15) is 40.0 Å². The number of carbonyl (C=O) groups excluding carboxylic acids is 3. The fraction of sp³-hybridized carbons (Fsp3) is 0.571. The topological polar surface area (TPSA) is 89.9 Å². The van der Waals surface area contributed by atoms with Crippen LogP contribution in [0, 0.1) is 16.7 Å². The van der Waals surface area contributed by atoms with Crippen LogP contribution in [0.5, 0.6) is 0 Å². The maximum atomic E-state index is 12.5. The van der Waals surface area contributed by atoms with E-state index in [9.17, 15) is 19.5 Å². The van der Waals surface area contributed by atoms with Crippen molar-refractivity contribution in [3.63, 3.8) is 0 Å². The predicted octanol–water partition coefficient (Wildman–Crippen LogP) is 2.27. The maximum Gasteiger partial charge on any atom is 0.343 e. The van der Waals surface area contributed by atoms with Crippen LogP contribution in [-0.4, -0.2) is 41.6 Å². The Morgan fingerprint density at radius 2 is 2.00 bits per heavy atom. The molecule has 0 aromatic carbocycles. The molecule has 3 aliphatic rings. The van der Waals surface area contributed by atoms with E-state index in [-0.39, 0.29) is 17.9 Å². The van der Waals surface area contributed by atoms with Gasteiger partial charge in [-0.05, 0) is 30.4 Å². The largest absolute Gasteiger partial charge is 0.459 e. The van der Waals surface area contributed by atoms with E-state index in [1.54, 1.807) is 6.08 Å². The number of aldehydes is 1. The number of hydrogen-bond donors (Lipinski definition) is 1. The molecule has 0 spiro atoms. The average molecular weight is 374 g/mol. The van der Waals surface area contributed by atoms with Gasteiger partial charge in [-0.3, -0.25) is 4.79 Å². The quantitative estimate of drug-likeness (QED) is 0.267. The van der Waals surface area contributed by atoms with Crippen LogP contribution in [0.2, 0.25) is 0 Å². The van der Waals surface area contributed by atoms with Gasteiger partial charge in [0.2, 0.25) is 0 Å². The van der Waals surface area contributed by atoms with Crippen molar-refractivity contribution >= 4 is 18.2 Å². The van der Waals surface area contributed by atoms with Crippen LogP contribution in [0.25, 0.3) is 0 Å². The zero-order valence-electron chi connectivity index (χ0n) is 15.9. The first-order valence-corrected chi connectivity index (χ1v) is 9.27. The Morgan fingerprint density at radius 1 is 1.26 bits per heavy atom. The van der Waals surface area contributed by atoms with Crippen LogP contribution >= 0.6 is 0 Å². The van der Waals surface area contributed by atoms with Crippen molar-refractivity contribution in [2.45, 2.75) is 51.7 Å². The SMILES string of the molecule is CC1(C)CCC[C@@]2(C)[C@H]1[C@@H](OC(=O)/C=C/C=C/C=O)C=C1COC(=O)[C@@]12O. The van der Waals surface area contributed by atoms with Crippen LogP contribution in [-0.2, 0) is 23.9 Å². The summed E-state index contributed by atoms with van der Waals surface area (Å²) in [7, 11) is 0. The van der Waals surface area contributed by atoms with Crippen molar-refractivity contribution in [2.75, 3.05) is 6.61 Å². The number of carbonyl (C=O) groups is 3. The third-order valence-electron chi connectivity index (χ3n) is 6.47. The lowest BCUT2D eigenvalue weighted by Gasteiger charge is -2.59. The predicted molar refractivity (Wildman–Crippen MR) is 97.4 cm³/mol. The maximum absolute atomic E-state index is 12.5. The van der Waals surface area contributed by atoms with Gasteiger partial charge in [-0.15, -0.1) is 0 Å². The normalized spacial score (nSPS) is 37.5. The molecular formula is C21H26O6. The molecule has 1 heterocycles. The van der Waals surface area contributed by atoms with E-state index in [2.05, 4.69) is 13.8 Å². The van der Waals surface area contributed by atoms with Crippen molar-refractivity contribution in [2.24, 2.45) is 16.7 Å². The molecule has 1 aliphatic heterocycles. The Hall–Kier alpha value is -2.21. The molecule has 6 nitrogen and oxygen atoms in total. The molecular weight excluding hydrogens is 348 g/mol. The van der Waals surface area contributed by atoms with Crippen LogP contribution in [0.3, 0.4) is 0 Å². The highest BCUT2D eigenvalue weighted by Gasteiger charge is 2.69. The highest BCUT2D eigenvalue weighted by molar-refractivity contribution is 5.88. The Morgan fingerprint density at radius 3 is 2.70 bits per heavy atom. The average Bonchev–Trinajstić information content (AvgIpc) is 2.88. The lowest BCUT2D eigenvalue weighted by atomic mass is 9.46. The molecule has 2 aliphatic carbocycles. The summed E-state index contributed by atoms with van der Waals surface area (Å²) in [5.41, 5.74) is -2.20. The van der Waals surface area contributed by atoms with Gasteiger partial charge in [-0.2, -0.15) is 0 Å². The zero-order chi connectivity index (χ0) is 19.9. The van der Waals surface area contributed by atoms with E-state index in [1.165, 1.54) is 24.3 Å². The fourth-order valence-electron chi connectivity index (χ4n) is 5.36. The second kappa shape index (κ2) is 6.75. The van der Waals surface area contributed by atoms with Gasteiger partial charge in [-0.1, -0.05) is 39.3 Å². The highest BCUT2D eigenvalue weighted by atomic mass is 16.6. The molecule has 6 heteroatoms. The van der Waals surface area contributed by atoms with Crippen molar-refractivity contribution in [3.05, 3.63) is 36.0 Å². The van der Waals surface area contributed by atoms with E-state index >= 15 is 0 Å². The van der Waals surface area contributed by atoms with Crippen molar-refractivity contribution in [1.82, 2.24) is 0 Å². The highest BCUT2D eigenvalue weighted by Crippen LogP contribution is 2.63. The molecule has 0 aromatic heterocycles. The second-order valence-corrected chi connectivity index (χ2v) is 8.50. The third-order valence-corrected chi connectivity index (χ3v) is 6.47. The molecule has 0 radical (unpaired) electrons. The Bertz CT molecular complexity index is 746. The number of allylic oxidation sites excluding steroid dienone is 3. The van der Waals surface area contributed by atoms with E-state index in [0.29, 0.717) is 18.3 Å². The van der Waals surface area contributed by atoms with Crippen molar-refractivity contribution in [3.8, 4) is 0 Å². The molecule has 146 valence electrons. The Labute approximate surface area is 158 Å². The monoisotopic (exact) mass is 374 g/mol. The molecule has 1 saturated heterocycles. The number of ether oxygens (including phenoxy) is 2. The van der Waals surface area contributed by atoms with Gasteiger partial charge in [0.05, 0.1) is 0 Å². The van der Waals surface area contributed by atoms with Gasteiger partial charge in [0.1, 0.15) is 19.0 Å². The number of rotatable bonds is 4. The minimum atomic E-state index is -1.67. The number of esters is 2. The van der Waals surface area contributed by atoms with Crippen molar-refractivity contribution in [1.29, 1.82) is 0 Å². The summed E-state index contributed by atoms with van der Waals surface area (Å²) in [6.07, 6.45) is 9.59. The lowest BCUT2D eigenvalue weighted by molar-refractivity contribution is -0.194. The standard InChI is InChI=1S/C21H26O6/c1-19(2)9-7-10-20(3)17(19)15(27-16(23)8-5-4-6-11-22)12-14-13-26-18(24)21(14,20)25/h4-6,8,11-12,15,17,25H,7,9-10,13H2,1-3H3/b6-4+,8-5+/t15-,17-,20-,21-/m0/s1. The summed E-state index contributed by atoms with van der Waals surface area (Å²) in [5.74, 6) is -1.38. The Kier molecular flexibility index (Phi) is 4.89. The molecule has 27 heavy (non-hydrogen) atoms. The smallest absolute Gasteiger partial charge is 0.343 e. The molecule has 0 unspecified atom stereocenters. The lowest BCUT2D eigenvalue weighted by Crippen LogP contribution is -2.65. The first-order valence-electron chi connectivity index (χ1n) is 9.27. The summed E-state index contributed by atoms with van der Waals surface area (Å²) < 4.78 is 10.9. The van der Waals surface area contributed by atoms with E-state index < -0.39 is 29.1 Å². The van der Waals surface area contributed by atoms with Crippen molar-refractivity contribution < 1.29 is 29.0 Å².